The van der Waals surface area contributed by atoms with Crippen LogP contribution < -0.4 is 5.32 Å². The summed E-state index contributed by atoms with van der Waals surface area (Å²) in [6.45, 7) is 1.35. The topological polar surface area (TPSA) is 78.9 Å². The highest BCUT2D eigenvalue weighted by molar-refractivity contribution is 5.74. The highest BCUT2D eigenvalue weighted by Crippen LogP contribution is 1.89. The van der Waals surface area contributed by atoms with Crippen molar-refractivity contribution in [2.24, 2.45) is 0 Å². The van der Waals surface area contributed by atoms with Crippen LogP contribution in [0.2, 0.25) is 0 Å². The Labute approximate surface area is 89.2 Å². The van der Waals surface area contributed by atoms with Gasteiger partial charge in [0.2, 0.25) is 0 Å². The Morgan fingerprint density at radius 3 is 2.67 bits per heavy atom. The highest BCUT2D eigenvalue weighted by Gasteiger charge is 2.07. The molecule has 15 heavy (non-hydrogen) atoms. The number of carboxylic acid groups (broad SMARTS) is 1. The van der Waals surface area contributed by atoms with E-state index in [-0.39, 0.29) is 19.0 Å². The summed E-state index contributed by atoms with van der Waals surface area (Å²) in [6.07, 6.45) is 0.705. The van der Waals surface area contributed by atoms with Gasteiger partial charge in [0.15, 0.2) is 0 Å². The molecule has 0 aliphatic heterocycles. The predicted octanol–water partition coefficient (Wildman–Crippen LogP) is 0.139. The first-order valence-corrected chi connectivity index (χ1v) is 4.77. The molecule has 6 nitrogen and oxygen atoms in total. The largest absolute Gasteiger partial charge is 0.481 e. The van der Waals surface area contributed by atoms with Crippen molar-refractivity contribution in [1.82, 2.24) is 10.2 Å². The van der Waals surface area contributed by atoms with Crippen molar-refractivity contribution in [3.8, 4) is 0 Å². The van der Waals surface area contributed by atoms with Crippen LogP contribution in [-0.4, -0.2) is 55.9 Å². The average molecular weight is 218 g/mol. The van der Waals surface area contributed by atoms with Crippen LogP contribution in [0.4, 0.5) is 4.79 Å². The second-order valence-corrected chi connectivity index (χ2v) is 3.14. The van der Waals surface area contributed by atoms with Crippen LogP contribution in [0, 0.1) is 0 Å². The molecule has 0 saturated carbocycles. The van der Waals surface area contributed by atoms with Gasteiger partial charge < -0.3 is 20.1 Å². The zero-order valence-electron chi connectivity index (χ0n) is 9.15. The summed E-state index contributed by atoms with van der Waals surface area (Å²) < 4.78 is 4.85. The number of hydrogen-bond donors (Lipinski definition) is 2. The van der Waals surface area contributed by atoms with E-state index in [2.05, 4.69) is 5.32 Å². The summed E-state index contributed by atoms with van der Waals surface area (Å²) in [5.41, 5.74) is 0. The fraction of sp³-hybridized carbons (Fsp3) is 0.778. The zero-order chi connectivity index (χ0) is 11.7. The van der Waals surface area contributed by atoms with Gasteiger partial charge in [0, 0.05) is 33.9 Å². The summed E-state index contributed by atoms with van der Waals surface area (Å²) in [7, 11) is 3.26. The molecule has 2 amide bonds. The molecule has 88 valence electrons. The fourth-order valence-corrected chi connectivity index (χ4v) is 0.959. The van der Waals surface area contributed by atoms with E-state index in [9.17, 15) is 9.59 Å². The zero-order valence-corrected chi connectivity index (χ0v) is 9.15. The molecular weight excluding hydrogens is 200 g/mol. The molecule has 0 aromatic carbocycles. The van der Waals surface area contributed by atoms with Crippen molar-refractivity contribution in [2.75, 3.05) is 33.9 Å². The smallest absolute Gasteiger partial charge is 0.317 e. The molecule has 0 saturated heterocycles. The molecule has 0 heterocycles. The second kappa shape index (κ2) is 8.05. The van der Waals surface area contributed by atoms with E-state index in [1.807, 2.05) is 0 Å². The maximum atomic E-state index is 11.3. The monoisotopic (exact) mass is 218 g/mol. The fourth-order valence-electron chi connectivity index (χ4n) is 0.959. The lowest BCUT2D eigenvalue weighted by Gasteiger charge is -2.17. The number of ether oxygens (including phenoxy) is 1. The number of amides is 2. The lowest BCUT2D eigenvalue weighted by atomic mass is 10.4. The molecule has 0 rings (SSSR count). The van der Waals surface area contributed by atoms with Crippen molar-refractivity contribution < 1.29 is 19.4 Å². The molecule has 0 bridgehead atoms. The van der Waals surface area contributed by atoms with E-state index in [0.717, 1.165) is 6.42 Å². The van der Waals surface area contributed by atoms with E-state index in [4.69, 9.17) is 9.84 Å². The van der Waals surface area contributed by atoms with E-state index in [1.165, 1.54) is 4.90 Å². The van der Waals surface area contributed by atoms with Crippen LogP contribution in [0.3, 0.4) is 0 Å². The van der Waals surface area contributed by atoms with Gasteiger partial charge in [0.1, 0.15) is 0 Å². The summed E-state index contributed by atoms with van der Waals surface area (Å²) in [4.78, 5) is 23.0. The van der Waals surface area contributed by atoms with Gasteiger partial charge in [0.25, 0.3) is 0 Å². The van der Waals surface area contributed by atoms with E-state index in [0.29, 0.717) is 13.2 Å². The van der Waals surface area contributed by atoms with Crippen LogP contribution in [0.25, 0.3) is 0 Å². The third kappa shape index (κ3) is 7.75. The molecule has 0 aromatic rings. The number of nitrogens with zero attached hydrogens (tertiary/aromatic N) is 1. The first-order valence-electron chi connectivity index (χ1n) is 4.77. The van der Waals surface area contributed by atoms with Crippen LogP contribution in [0.1, 0.15) is 12.8 Å². The standard InChI is InChI=1S/C9H18N2O4/c1-11(6-3-7-15-2)9(14)10-5-4-8(12)13/h3-7H2,1-2H3,(H,10,14)(H,12,13). The van der Waals surface area contributed by atoms with Gasteiger partial charge in [-0.3, -0.25) is 4.79 Å². The molecule has 2 N–H and O–H groups in total. The third-order valence-corrected chi connectivity index (χ3v) is 1.80. The third-order valence-electron chi connectivity index (χ3n) is 1.80. The molecule has 0 atom stereocenters. The lowest BCUT2D eigenvalue weighted by Crippen LogP contribution is -2.38. The number of aliphatic carboxylic acids is 1. The van der Waals surface area contributed by atoms with Gasteiger partial charge in [-0.2, -0.15) is 0 Å². The van der Waals surface area contributed by atoms with Crippen molar-refractivity contribution in [2.45, 2.75) is 12.8 Å². The van der Waals surface area contributed by atoms with Crippen LogP contribution >= 0.6 is 0 Å². The maximum Gasteiger partial charge on any atom is 0.317 e. The van der Waals surface area contributed by atoms with Crippen LogP contribution in [0.15, 0.2) is 0 Å². The van der Waals surface area contributed by atoms with Gasteiger partial charge in [-0.15, -0.1) is 0 Å². The Morgan fingerprint density at radius 2 is 2.13 bits per heavy atom. The molecule has 0 radical (unpaired) electrons. The SMILES string of the molecule is COCCCN(C)C(=O)NCCC(=O)O. The van der Waals surface area contributed by atoms with Crippen molar-refractivity contribution in [3.05, 3.63) is 0 Å². The Morgan fingerprint density at radius 1 is 1.47 bits per heavy atom. The van der Waals surface area contributed by atoms with Gasteiger partial charge in [-0.25, -0.2) is 4.79 Å². The number of urea groups is 1. The van der Waals surface area contributed by atoms with E-state index >= 15 is 0 Å². The summed E-state index contributed by atoms with van der Waals surface area (Å²) >= 11 is 0. The van der Waals surface area contributed by atoms with Crippen molar-refractivity contribution >= 4 is 12.0 Å². The Kier molecular flexibility index (Phi) is 7.35. The number of methoxy groups -OCH3 is 1. The normalized spacial score (nSPS) is 9.73. The molecule has 0 unspecified atom stereocenters. The Balaban J connectivity index is 3.55. The van der Waals surface area contributed by atoms with Gasteiger partial charge in [-0.05, 0) is 6.42 Å². The summed E-state index contributed by atoms with van der Waals surface area (Å²) in [6, 6.07) is -0.257. The van der Waals surface area contributed by atoms with E-state index < -0.39 is 5.97 Å². The maximum absolute atomic E-state index is 11.3. The molecule has 0 aromatic heterocycles. The van der Waals surface area contributed by atoms with Gasteiger partial charge in [0.05, 0.1) is 6.42 Å². The van der Waals surface area contributed by atoms with Crippen molar-refractivity contribution in [1.29, 1.82) is 0 Å². The average Bonchev–Trinajstić information content (AvgIpc) is 2.17. The second-order valence-electron chi connectivity index (χ2n) is 3.14. The lowest BCUT2D eigenvalue weighted by molar-refractivity contribution is -0.136. The summed E-state index contributed by atoms with van der Waals surface area (Å²) in [5, 5.41) is 10.9. The highest BCUT2D eigenvalue weighted by atomic mass is 16.5. The van der Waals surface area contributed by atoms with Crippen LogP contribution in [0.5, 0.6) is 0 Å². The quantitative estimate of drug-likeness (QED) is 0.596. The van der Waals surface area contributed by atoms with Gasteiger partial charge in [-0.1, -0.05) is 0 Å². The van der Waals surface area contributed by atoms with Gasteiger partial charge >= 0.3 is 12.0 Å². The predicted molar refractivity (Wildman–Crippen MR) is 54.8 cm³/mol. The molecule has 0 fully saturated rings. The molecule has 0 spiro atoms. The molecule has 6 heteroatoms. The Bertz CT molecular complexity index is 208. The minimum atomic E-state index is -0.919. The minimum absolute atomic E-state index is 0.0579. The number of carbonyl (C=O) groups is 2. The number of hydrogen-bond acceptors (Lipinski definition) is 3. The van der Waals surface area contributed by atoms with E-state index in [1.54, 1.807) is 14.2 Å². The first kappa shape index (κ1) is 13.7. The summed E-state index contributed by atoms with van der Waals surface area (Å²) in [5.74, 6) is -0.919. The number of carbonyl (C=O) groups excluding carboxylic acids is 1. The number of rotatable bonds is 7. The molecule has 0 aliphatic rings. The van der Waals surface area contributed by atoms with Crippen molar-refractivity contribution in [3.63, 3.8) is 0 Å². The minimum Gasteiger partial charge on any atom is -0.481 e. The molecular formula is C9H18N2O4. The first-order chi connectivity index (χ1) is 7.07. The molecule has 0 aliphatic carbocycles. The number of nitrogens with one attached hydrogen (secondary N) is 1. The Hall–Kier alpha value is -1.30. The number of carboxylic acids is 1. The van der Waals surface area contributed by atoms with Crippen LogP contribution in [-0.2, 0) is 9.53 Å².